The van der Waals surface area contributed by atoms with Crippen molar-refractivity contribution in [2.75, 3.05) is 7.11 Å². The topological polar surface area (TPSA) is 51.2 Å². The van der Waals surface area contributed by atoms with Crippen molar-refractivity contribution in [1.29, 1.82) is 0 Å². The fraction of sp³-hybridized carbons (Fsp3) is 0.333. The van der Waals surface area contributed by atoms with Gasteiger partial charge in [0, 0.05) is 0 Å². The quantitative estimate of drug-likeness (QED) is 0.942. The molecule has 6 heteroatoms. The second-order valence-electron chi connectivity index (χ2n) is 4.74. The summed E-state index contributed by atoms with van der Waals surface area (Å²) in [5.41, 5.74) is 1.39. The van der Waals surface area contributed by atoms with Crippen molar-refractivity contribution < 1.29 is 13.9 Å². The summed E-state index contributed by atoms with van der Waals surface area (Å²) in [4.78, 5) is 17.0. The van der Waals surface area contributed by atoms with Crippen molar-refractivity contribution >= 4 is 17.2 Å². The van der Waals surface area contributed by atoms with Gasteiger partial charge in [-0.3, -0.25) is 4.79 Å². The van der Waals surface area contributed by atoms with Gasteiger partial charge in [0.2, 0.25) is 0 Å². The molecule has 2 rings (SSSR count). The smallest absolute Gasteiger partial charge is 0.263 e. The average Bonchev–Trinajstić information content (AvgIpc) is 2.77. The number of hydrogen-bond acceptors (Lipinski definition) is 4. The van der Waals surface area contributed by atoms with Gasteiger partial charge in [0.1, 0.15) is 4.88 Å². The van der Waals surface area contributed by atoms with Crippen LogP contribution >= 0.6 is 11.3 Å². The second kappa shape index (κ2) is 6.22. The Balaban J connectivity index is 2.14. The van der Waals surface area contributed by atoms with E-state index in [2.05, 4.69) is 10.3 Å². The number of methoxy groups -OCH3 is 1. The zero-order chi connectivity index (χ0) is 15.6. The number of ether oxygens (including phenoxy) is 1. The third-order valence-electron chi connectivity index (χ3n) is 3.13. The van der Waals surface area contributed by atoms with Crippen LogP contribution in [0.4, 0.5) is 4.39 Å². The summed E-state index contributed by atoms with van der Waals surface area (Å²) in [6, 6.07) is 4.35. The van der Waals surface area contributed by atoms with E-state index in [0.29, 0.717) is 16.1 Å². The maximum Gasteiger partial charge on any atom is 0.263 e. The highest BCUT2D eigenvalue weighted by atomic mass is 32.1. The van der Waals surface area contributed by atoms with Crippen LogP contribution in [-0.2, 0) is 0 Å². The Morgan fingerprint density at radius 1 is 1.43 bits per heavy atom. The first kappa shape index (κ1) is 15.4. The maximum absolute atomic E-state index is 13.7. The molecule has 1 N–H and O–H groups in total. The molecule has 0 aliphatic rings. The molecule has 1 aromatic heterocycles. The summed E-state index contributed by atoms with van der Waals surface area (Å²) < 4.78 is 18.6. The van der Waals surface area contributed by atoms with Gasteiger partial charge in [-0.15, -0.1) is 11.3 Å². The van der Waals surface area contributed by atoms with Gasteiger partial charge in [-0.2, -0.15) is 0 Å². The normalized spacial score (nSPS) is 12.0. The standard InChI is InChI=1S/C15H17FN2O2S/c1-8(11-5-6-13(20-4)12(16)7-11)18-15(19)14-9(2)17-10(3)21-14/h5-8H,1-4H3,(H,18,19). The largest absolute Gasteiger partial charge is 0.494 e. The highest BCUT2D eigenvalue weighted by Crippen LogP contribution is 2.23. The summed E-state index contributed by atoms with van der Waals surface area (Å²) in [5, 5.41) is 3.70. The molecule has 0 aliphatic heterocycles. The van der Waals surface area contributed by atoms with E-state index in [1.807, 2.05) is 13.8 Å². The number of amides is 1. The first-order chi connectivity index (χ1) is 9.92. The molecule has 1 heterocycles. The first-order valence-corrected chi connectivity index (χ1v) is 7.32. The van der Waals surface area contributed by atoms with Crippen LogP contribution in [0.5, 0.6) is 5.75 Å². The lowest BCUT2D eigenvalue weighted by atomic mass is 10.1. The number of aryl methyl sites for hydroxylation is 2. The maximum atomic E-state index is 13.7. The Morgan fingerprint density at radius 3 is 2.67 bits per heavy atom. The molecule has 1 unspecified atom stereocenters. The number of thiazole rings is 1. The van der Waals surface area contributed by atoms with E-state index >= 15 is 0 Å². The van der Waals surface area contributed by atoms with Gasteiger partial charge in [0.05, 0.1) is 23.9 Å². The molecular weight excluding hydrogens is 291 g/mol. The first-order valence-electron chi connectivity index (χ1n) is 6.50. The Kier molecular flexibility index (Phi) is 4.57. The monoisotopic (exact) mass is 308 g/mol. The molecular formula is C15H17FN2O2S. The van der Waals surface area contributed by atoms with Crippen molar-refractivity contribution in [2.45, 2.75) is 26.8 Å². The van der Waals surface area contributed by atoms with E-state index in [9.17, 15) is 9.18 Å². The minimum atomic E-state index is -0.444. The van der Waals surface area contributed by atoms with Crippen molar-refractivity contribution in [3.63, 3.8) is 0 Å². The fourth-order valence-corrected chi connectivity index (χ4v) is 2.86. The number of carbonyl (C=O) groups excluding carboxylic acids is 1. The van der Waals surface area contributed by atoms with Crippen molar-refractivity contribution in [3.05, 3.63) is 45.2 Å². The molecule has 2 aromatic rings. The second-order valence-corrected chi connectivity index (χ2v) is 5.94. The molecule has 0 radical (unpaired) electrons. The fourth-order valence-electron chi connectivity index (χ4n) is 2.04. The summed E-state index contributed by atoms with van der Waals surface area (Å²) >= 11 is 1.35. The van der Waals surface area contributed by atoms with Crippen LogP contribution in [0.25, 0.3) is 0 Å². The van der Waals surface area contributed by atoms with E-state index in [1.54, 1.807) is 19.1 Å². The van der Waals surface area contributed by atoms with Gasteiger partial charge < -0.3 is 10.1 Å². The molecule has 0 fully saturated rings. The average molecular weight is 308 g/mol. The van der Waals surface area contributed by atoms with Crippen LogP contribution in [0, 0.1) is 19.7 Å². The van der Waals surface area contributed by atoms with Crippen molar-refractivity contribution in [1.82, 2.24) is 10.3 Å². The lowest BCUT2D eigenvalue weighted by Crippen LogP contribution is -2.26. The van der Waals surface area contributed by atoms with Crippen LogP contribution in [-0.4, -0.2) is 18.0 Å². The van der Waals surface area contributed by atoms with Crippen LogP contribution in [0.15, 0.2) is 18.2 Å². The molecule has 21 heavy (non-hydrogen) atoms. The number of carbonyl (C=O) groups is 1. The lowest BCUT2D eigenvalue weighted by molar-refractivity contribution is 0.0943. The summed E-state index contributed by atoms with van der Waals surface area (Å²) in [5.74, 6) is -0.450. The molecule has 1 atom stereocenters. The molecule has 1 amide bonds. The number of hydrogen-bond donors (Lipinski definition) is 1. The van der Waals surface area contributed by atoms with Gasteiger partial charge in [0.15, 0.2) is 11.6 Å². The predicted octanol–water partition coefficient (Wildman–Crippen LogP) is 3.40. The van der Waals surface area contributed by atoms with E-state index in [4.69, 9.17) is 4.74 Å². The van der Waals surface area contributed by atoms with Gasteiger partial charge in [-0.05, 0) is 38.5 Å². The number of rotatable bonds is 4. The number of nitrogens with one attached hydrogen (secondary N) is 1. The summed E-state index contributed by atoms with van der Waals surface area (Å²) in [6.07, 6.45) is 0. The van der Waals surface area contributed by atoms with Crippen LogP contribution in [0.2, 0.25) is 0 Å². The van der Waals surface area contributed by atoms with Crippen LogP contribution in [0.3, 0.4) is 0 Å². The molecule has 0 saturated heterocycles. The number of benzene rings is 1. The van der Waals surface area contributed by atoms with E-state index in [0.717, 1.165) is 5.01 Å². The molecule has 4 nitrogen and oxygen atoms in total. The third-order valence-corrected chi connectivity index (χ3v) is 4.20. The van der Waals surface area contributed by atoms with Crippen molar-refractivity contribution in [2.24, 2.45) is 0 Å². The minimum absolute atomic E-state index is 0.186. The highest BCUT2D eigenvalue weighted by Gasteiger charge is 2.17. The minimum Gasteiger partial charge on any atom is -0.494 e. The molecule has 0 spiro atoms. The van der Waals surface area contributed by atoms with Crippen LogP contribution in [0.1, 0.15) is 38.9 Å². The zero-order valence-electron chi connectivity index (χ0n) is 12.4. The molecule has 0 saturated carbocycles. The van der Waals surface area contributed by atoms with E-state index in [1.165, 1.54) is 24.5 Å². The Labute approximate surface area is 127 Å². The van der Waals surface area contributed by atoms with E-state index < -0.39 is 5.82 Å². The highest BCUT2D eigenvalue weighted by molar-refractivity contribution is 7.13. The van der Waals surface area contributed by atoms with Crippen LogP contribution < -0.4 is 10.1 Å². The Morgan fingerprint density at radius 2 is 2.14 bits per heavy atom. The van der Waals surface area contributed by atoms with Gasteiger partial charge in [0.25, 0.3) is 5.91 Å². The molecule has 0 aliphatic carbocycles. The third kappa shape index (κ3) is 3.39. The number of halogens is 1. The molecule has 112 valence electrons. The van der Waals surface area contributed by atoms with Crippen molar-refractivity contribution in [3.8, 4) is 5.75 Å². The predicted molar refractivity (Wildman–Crippen MR) is 80.4 cm³/mol. The van der Waals surface area contributed by atoms with Gasteiger partial charge in [-0.1, -0.05) is 6.07 Å². The molecule has 1 aromatic carbocycles. The SMILES string of the molecule is COc1ccc(C(C)NC(=O)c2sc(C)nc2C)cc1F. The van der Waals surface area contributed by atoms with Gasteiger partial charge >= 0.3 is 0 Å². The van der Waals surface area contributed by atoms with E-state index in [-0.39, 0.29) is 17.7 Å². The summed E-state index contributed by atoms with van der Waals surface area (Å²) in [6.45, 7) is 5.47. The summed E-state index contributed by atoms with van der Waals surface area (Å²) in [7, 11) is 1.41. The number of aromatic nitrogens is 1. The lowest BCUT2D eigenvalue weighted by Gasteiger charge is -2.14. The Bertz CT molecular complexity index is 670. The van der Waals surface area contributed by atoms with Gasteiger partial charge in [-0.25, -0.2) is 9.37 Å². The Hall–Kier alpha value is -1.95. The zero-order valence-corrected chi connectivity index (χ0v) is 13.2. The molecule has 0 bridgehead atoms. The number of nitrogens with zero attached hydrogens (tertiary/aromatic N) is 1.